The first-order chi connectivity index (χ1) is 10.8. The van der Waals surface area contributed by atoms with Crippen molar-refractivity contribution in [3.05, 3.63) is 71.8 Å². The molecule has 0 aromatic heterocycles. The topological polar surface area (TPSA) is 18.5 Å². The Bertz CT molecular complexity index is 470. The van der Waals surface area contributed by atoms with E-state index in [0.717, 1.165) is 8.86 Å². The molecule has 0 radical (unpaired) electrons. The molecule has 0 bridgehead atoms. The van der Waals surface area contributed by atoms with Crippen LogP contribution in [-0.4, -0.2) is 21.1 Å². The van der Waals surface area contributed by atoms with Crippen molar-refractivity contribution in [2.24, 2.45) is 0 Å². The predicted molar refractivity (Wildman–Crippen MR) is 108 cm³/mol. The Hall–Kier alpha value is -0.180. The van der Waals surface area contributed by atoms with Crippen molar-refractivity contribution in [1.82, 2.24) is 0 Å². The first-order valence-corrected chi connectivity index (χ1v) is 10.3. The van der Waals surface area contributed by atoms with Crippen LogP contribution < -0.4 is 0 Å². The summed E-state index contributed by atoms with van der Waals surface area (Å²) in [7, 11) is 0. The van der Waals surface area contributed by atoms with Gasteiger partial charge in [0.1, 0.15) is 0 Å². The van der Waals surface area contributed by atoms with E-state index in [-0.39, 0.29) is 12.2 Å². The zero-order chi connectivity index (χ0) is 15.6. The first-order valence-electron chi connectivity index (χ1n) is 7.26. The predicted octanol–water partition coefficient (Wildman–Crippen LogP) is 5.03. The highest BCUT2D eigenvalue weighted by Gasteiger charge is 2.21. The van der Waals surface area contributed by atoms with Crippen molar-refractivity contribution < 1.29 is 9.47 Å². The molecule has 0 N–H and O–H groups in total. The van der Waals surface area contributed by atoms with E-state index in [2.05, 4.69) is 69.4 Å². The Kier molecular flexibility index (Phi) is 8.72. The van der Waals surface area contributed by atoms with Crippen LogP contribution in [0.3, 0.4) is 0 Å². The van der Waals surface area contributed by atoms with Gasteiger partial charge in [0.05, 0.1) is 25.4 Å². The molecule has 4 heteroatoms. The second-order valence-electron chi connectivity index (χ2n) is 4.98. The van der Waals surface area contributed by atoms with Crippen LogP contribution in [0.15, 0.2) is 60.7 Å². The number of hydrogen-bond acceptors (Lipinski definition) is 2. The van der Waals surface area contributed by atoms with Gasteiger partial charge in [0, 0.05) is 8.86 Å². The maximum atomic E-state index is 6.08. The van der Waals surface area contributed by atoms with Crippen LogP contribution in [0.4, 0.5) is 0 Å². The molecule has 22 heavy (non-hydrogen) atoms. The van der Waals surface area contributed by atoms with Crippen LogP contribution >= 0.6 is 45.2 Å². The van der Waals surface area contributed by atoms with E-state index in [0.29, 0.717) is 13.2 Å². The summed E-state index contributed by atoms with van der Waals surface area (Å²) >= 11 is 4.75. The van der Waals surface area contributed by atoms with Gasteiger partial charge in [0.25, 0.3) is 0 Å². The lowest BCUT2D eigenvalue weighted by atomic mass is 10.2. The van der Waals surface area contributed by atoms with Crippen LogP contribution in [0.25, 0.3) is 0 Å². The maximum absolute atomic E-state index is 6.08. The SMILES string of the molecule is IC[C@H](OCc1ccccc1)[C@H](CI)OCc1ccccc1. The fourth-order valence-electron chi connectivity index (χ4n) is 2.06. The Morgan fingerprint density at radius 2 is 1.00 bits per heavy atom. The van der Waals surface area contributed by atoms with Crippen molar-refractivity contribution in [1.29, 1.82) is 0 Å². The highest BCUT2D eigenvalue weighted by Crippen LogP contribution is 2.15. The minimum Gasteiger partial charge on any atom is -0.370 e. The van der Waals surface area contributed by atoms with E-state index in [1.54, 1.807) is 0 Å². The number of halogens is 2. The van der Waals surface area contributed by atoms with Gasteiger partial charge < -0.3 is 9.47 Å². The van der Waals surface area contributed by atoms with Gasteiger partial charge in [-0.15, -0.1) is 0 Å². The van der Waals surface area contributed by atoms with E-state index in [9.17, 15) is 0 Å². The average Bonchev–Trinajstić information content (AvgIpc) is 2.59. The molecular weight excluding hydrogens is 502 g/mol. The van der Waals surface area contributed by atoms with Crippen LogP contribution in [0.5, 0.6) is 0 Å². The van der Waals surface area contributed by atoms with Crippen molar-refractivity contribution in [3.8, 4) is 0 Å². The maximum Gasteiger partial charge on any atom is 0.0938 e. The molecule has 0 amide bonds. The smallest absolute Gasteiger partial charge is 0.0938 e. The lowest BCUT2D eigenvalue weighted by molar-refractivity contribution is -0.0616. The number of benzene rings is 2. The van der Waals surface area contributed by atoms with Gasteiger partial charge in [-0.05, 0) is 11.1 Å². The van der Waals surface area contributed by atoms with Crippen LogP contribution in [0.1, 0.15) is 11.1 Å². The average molecular weight is 522 g/mol. The van der Waals surface area contributed by atoms with Crippen LogP contribution in [0, 0.1) is 0 Å². The Labute approximate surface area is 159 Å². The van der Waals surface area contributed by atoms with Gasteiger partial charge in [-0.3, -0.25) is 0 Å². The lowest BCUT2D eigenvalue weighted by Crippen LogP contribution is -2.34. The minimum atomic E-state index is 0.112. The molecule has 0 aliphatic rings. The summed E-state index contributed by atoms with van der Waals surface area (Å²) in [6, 6.07) is 20.6. The quantitative estimate of drug-likeness (QED) is 0.340. The molecule has 118 valence electrons. The molecule has 2 nitrogen and oxygen atoms in total. The lowest BCUT2D eigenvalue weighted by Gasteiger charge is -2.25. The minimum absolute atomic E-state index is 0.112. The van der Waals surface area contributed by atoms with Gasteiger partial charge in [-0.1, -0.05) is 106 Å². The summed E-state index contributed by atoms with van der Waals surface area (Å²) in [5.41, 5.74) is 2.40. The zero-order valence-corrected chi connectivity index (χ0v) is 16.6. The van der Waals surface area contributed by atoms with Gasteiger partial charge in [0.2, 0.25) is 0 Å². The summed E-state index contributed by atoms with van der Waals surface area (Å²) in [4.78, 5) is 0. The molecule has 0 aliphatic heterocycles. The molecule has 0 fully saturated rings. The molecule has 2 aromatic rings. The molecule has 0 aliphatic carbocycles. The third kappa shape index (κ3) is 6.14. The Balaban J connectivity index is 1.86. The van der Waals surface area contributed by atoms with Gasteiger partial charge >= 0.3 is 0 Å². The van der Waals surface area contributed by atoms with Crippen molar-refractivity contribution in [3.63, 3.8) is 0 Å². The Morgan fingerprint density at radius 3 is 1.32 bits per heavy atom. The van der Waals surface area contributed by atoms with E-state index in [1.165, 1.54) is 11.1 Å². The highest BCUT2D eigenvalue weighted by molar-refractivity contribution is 14.1. The van der Waals surface area contributed by atoms with Crippen LogP contribution in [-0.2, 0) is 22.7 Å². The number of alkyl halides is 2. The number of hydrogen-bond donors (Lipinski definition) is 0. The molecule has 2 aromatic carbocycles. The third-order valence-electron chi connectivity index (χ3n) is 3.33. The summed E-state index contributed by atoms with van der Waals surface area (Å²) in [6.07, 6.45) is 0.225. The number of rotatable bonds is 9. The van der Waals surface area contributed by atoms with E-state index in [4.69, 9.17) is 9.47 Å². The summed E-state index contributed by atoms with van der Waals surface area (Å²) in [5.74, 6) is 0. The molecule has 2 rings (SSSR count). The van der Waals surface area contributed by atoms with Gasteiger partial charge in [-0.25, -0.2) is 0 Å². The largest absolute Gasteiger partial charge is 0.370 e. The van der Waals surface area contributed by atoms with Crippen molar-refractivity contribution >= 4 is 45.2 Å². The first kappa shape index (κ1) is 18.2. The summed E-state index contributed by atoms with van der Waals surface area (Å²) in [6.45, 7) is 1.27. The monoisotopic (exact) mass is 522 g/mol. The van der Waals surface area contributed by atoms with Crippen LogP contribution in [0.2, 0.25) is 0 Å². The molecule has 0 unspecified atom stereocenters. The second kappa shape index (κ2) is 10.6. The number of ether oxygens (including phenoxy) is 2. The van der Waals surface area contributed by atoms with Gasteiger partial charge in [-0.2, -0.15) is 0 Å². The zero-order valence-electron chi connectivity index (χ0n) is 12.3. The molecule has 2 atom stereocenters. The van der Waals surface area contributed by atoms with E-state index >= 15 is 0 Å². The summed E-state index contributed by atoms with van der Waals surface area (Å²) < 4.78 is 14.0. The molecule has 0 spiro atoms. The van der Waals surface area contributed by atoms with Gasteiger partial charge in [0.15, 0.2) is 0 Å². The van der Waals surface area contributed by atoms with E-state index in [1.807, 2.05) is 36.4 Å². The standard InChI is InChI=1S/C18H20I2O2/c19-11-17(21-13-15-7-3-1-4-8-15)18(12-20)22-14-16-9-5-2-6-10-16/h1-10,17-18H,11-14H2/t17-,18-/m0/s1. The third-order valence-corrected chi connectivity index (χ3v) is 5.07. The highest BCUT2D eigenvalue weighted by atomic mass is 127. The molecular formula is C18H20I2O2. The molecule has 0 heterocycles. The molecule has 0 saturated carbocycles. The molecule has 0 saturated heterocycles. The van der Waals surface area contributed by atoms with Crippen molar-refractivity contribution in [2.75, 3.05) is 8.86 Å². The van der Waals surface area contributed by atoms with Crippen molar-refractivity contribution in [2.45, 2.75) is 25.4 Å². The fourth-order valence-corrected chi connectivity index (χ4v) is 3.70. The Morgan fingerprint density at radius 1 is 0.636 bits per heavy atom. The van der Waals surface area contributed by atoms with E-state index < -0.39 is 0 Å². The summed E-state index contributed by atoms with van der Waals surface area (Å²) in [5, 5.41) is 0. The fraction of sp³-hybridized carbons (Fsp3) is 0.333. The second-order valence-corrected chi connectivity index (χ2v) is 6.74. The normalized spacial score (nSPS) is 13.7.